The first-order valence-corrected chi connectivity index (χ1v) is 5.67. The van der Waals surface area contributed by atoms with E-state index in [2.05, 4.69) is 0 Å². The monoisotopic (exact) mass is 263 g/mol. The summed E-state index contributed by atoms with van der Waals surface area (Å²) in [6, 6.07) is 4.78. The largest absolute Gasteiger partial charge is 0.388 e. The summed E-state index contributed by atoms with van der Waals surface area (Å²) >= 11 is 11.7. The minimum absolute atomic E-state index is 0.216. The SMILES string of the molecule is COCC(N)CC(O)c1ccc(Cl)cc1Cl. The van der Waals surface area contributed by atoms with E-state index in [0.717, 1.165) is 0 Å². The van der Waals surface area contributed by atoms with Crippen molar-refractivity contribution in [3.63, 3.8) is 0 Å². The first-order chi connectivity index (χ1) is 7.54. The van der Waals surface area contributed by atoms with Gasteiger partial charge in [0.15, 0.2) is 0 Å². The molecule has 0 aromatic heterocycles. The molecular weight excluding hydrogens is 249 g/mol. The Morgan fingerprint density at radius 3 is 2.69 bits per heavy atom. The Kier molecular flexibility index (Phi) is 5.52. The number of ether oxygens (including phenoxy) is 1. The van der Waals surface area contributed by atoms with Crippen LogP contribution in [-0.4, -0.2) is 24.9 Å². The zero-order valence-electron chi connectivity index (χ0n) is 8.99. The molecule has 0 bridgehead atoms. The molecule has 5 heteroatoms. The highest BCUT2D eigenvalue weighted by Gasteiger charge is 2.15. The van der Waals surface area contributed by atoms with Gasteiger partial charge in [0.25, 0.3) is 0 Å². The van der Waals surface area contributed by atoms with Crippen LogP contribution in [0, 0.1) is 0 Å². The second-order valence-electron chi connectivity index (χ2n) is 3.63. The van der Waals surface area contributed by atoms with Gasteiger partial charge < -0.3 is 15.6 Å². The molecule has 16 heavy (non-hydrogen) atoms. The van der Waals surface area contributed by atoms with Crippen LogP contribution < -0.4 is 5.73 Å². The summed E-state index contributed by atoms with van der Waals surface area (Å²) in [4.78, 5) is 0. The Morgan fingerprint density at radius 1 is 1.44 bits per heavy atom. The van der Waals surface area contributed by atoms with Gasteiger partial charge in [-0.15, -0.1) is 0 Å². The summed E-state index contributed by atoms with van der Waals surface area (Å²) in [6.07, 6.45) is -0.301. The number of aliphatic hydroxyl groups excluding tert-OH is 1. The van der Waals surface area contributed by atoms with Crippen molar-refractivity contribution in [2.75, 3.05) is 13.7 Å². The van der Waals surface area contributed by atoms with Crippen molar-refractivity contribution in [3.05, 3.63) is 33.8 Å². The maximum atomic E-state index is 9.93. The van der Waals surface area contributed by atoms with E-state index in [1.165, 1.54) is 0 Å². The number of benzene rings is 1. The van der Waals surface area contributed by atoms with Gasteiger partial charge in [-0.3, -0.25) is 0 Å². The van der Waals surface area contributed by atoms with E-state index < -0.39 is 6.10 Å². The quantitative estimate of drug-likeness (QED) is 0.858. The zero-order chi connectivity index (χ0) is 12.1. The van der Waals surface area contributed by atoms with Gasteiger partial charge >= 0.3 is 0 Å². The Hall–Kier alpha value is -0.320. The molecule has 90 valence electrons. The molecule has 3 nitrogen and oxygen atoms in total. The van der Waals surface area contributed by atoms with E-state index in [1.807, 2.05) is 0 Å². The summed E-state index contributed by atoms with van der Waals surface area (Å²) in [5.74, 6) is 0. The molecule has 0 fully saturated rings. The lowest BCUT2D eigenvalue weighted by Gasteiger charge is -2.17. The highest BCUT2D eigenvalue weighted by molar-refractivity contribution is 6.35. The molecule has 0 amide bonds. The standard InChI is InChI=1S/C11H15Cl2NO2/c1-16-6-8(14)5-11(15)9-3-2-7(12)4-10(9)13/h2-4,8,11,15H,5-6,14H2,1H3. The maximum absolute atomic E-state index is 9.93. The van der Waals surface area contributed by atoms with Gasteiger partial charge in [-0.1, -0.05) is 29.3 Å². The summed E-state index contributed by atoms with van der Waals surface area (Å²) < 4.78 is 4.90. The maximum Gasteiger partial charge on any atom is 0.0820 e. The highest BCUT2D eigenvalue weighted by Crippen LogP contribution is 2.28. The van der Waals surface area contributed by atoms with E-state index in [4.69, 9.17) is 33.7 Å². The molecule has 3 N–H and O–H groups in total. The summed E-state index contributed by atoms with van der Waals surface area (Å²) in [6.45, 7) is 0.405. The molecule has 0 aliphatic carbocycles. The van der Waals surface area contributed by atoms with E-state index in [1.54, 1.807) is 25.3 Å². The number of rotatable bonds is 5. The number of nitrogens with two attached hydrogens (primary N) is 1. The van der Waals surface area contributed by atoms with Crippen LogP contribution in [0.15, 0.2) is 18.2 Å². The van der Waals surface area contributed by atoms with Crippen molar-refractivity contribution < 1.29 is 9.84 Å². The molecule has 0 aliphatic rings. The molecule has 0 radical (unpaired) electrons. The number of hydrogen-bond donors (Lipinski definition) is 2. The molecule has 2 unspecified atom stereocenters. The van der Waals surface area contributed by atoms with Crippen LogP contribution in [0.5, 0.6) is 0 Å². The summed E-state index contributed by atoms with van der Waals surface area (Å²) in [5.41, 5.74) is 6.38. The molecular formula is C11H15Cl2NO2. The number of halogens is 2. The van der Waals surface area contributed by atoms with Gasteiger partial charge in [0.2, 0.25) is 0 Å². The third-order valence-electron chi connectivity index (χ3n) is 2.23. The normalized spacial score (nSPS) is 14.8. The fourth-order valence-corrected chi connectivity index (χ4v) is 2.00. The Morgan fingerprint density at radius 2 is 2.12 bits per heavy atom. The second kappa shape index (κ2) is 6.42. The minimum atomic E-state index is -0.699. The van der Waals surface area contributed by atoms with Crippen LogP contribution in [0.25, 0.3) is 0 Å². The fourth-order valence-electron chi connectivity index (χ4n) is 1.47. The van der Waals surface area contributed by atoms with Crippen molar-refractivity contribution in [2.24, 2.45) is 5.73 Å². The summed E-state index contributed by atoms with van der Waals surface area (Å²) in [7, 11) is 1.57. The lowest BCUT2D eigenvalue weighted by molar-refractivity contribution is 0.122. The zero-order valence-corrected chi connectivity index (χ0v) is 10.5. The Bertz CT molecular complexity index is 347. The van der Waals surface area contributed by atoms with Crippen LogP contribution >= 0.6 is 23.2 Å². The van der Waals surface area contributed by atoms with Crippen molar-refractivity contribution in [3.8, 4) is 0 Å². The lowest BCUT2D eigenvalue weighted by atomic mass is 10.0. The molecule has 1 aromatic rings. The van der Waals surface area contributed by atoms with Crippen LogP contribution in [0.1, 0.15) is 18.1 Å². The van der Waals surface area contributed by atoms with Crippen LogP contribution in [0.4, 0.5) is 0 Å². The predicted octanol–water partition coefficient (Wildman–Crippen LogP) is 2.39. The Balaban J connectivity index is 2.69. The molecule has 1 rings (SSSR count). The van der Waals surface area contributed by atoms with E-state index >= 15 is 0 Å². The highest BCUT2D eigenvalue weighted by atomic mass is 35.5. The average Bonchev–Trinajstić information content (AvgIpc) is 2.17. The first-order valence-electron chi connectivity index (χ1n) is 4.92. The van der Waals surface area contributed by atoms with Crippen LogP contribution in [0.3, 0.4) is 0 Å². The Labute approximate surface area is 105 Å². The second-order valence-corrected chi connectivity index (χ2v) is 4.48. The first kappa shape index (κ1) is 13.7. The van der Waals surface area contributed by atoms with Crippen molar-refractivity contribution in [2.45, 2.75) is 18.6 Å². The van der Waals surface area contributed by atoms with Crippen LogP contribution in [0.2, 0.25) is 10.0 Å². The third kappa shape index (κ3) is 3.92. The van der Waals surface area contributed by atoms with E-state index in [9.17, 15) is 5.11 Å². The molecule has 0 heterocycles. The van der Waals surface area contributed by atoms with Gasteiger partial charge in [-0.2, -0.15) is 0 Å². The number of hydrogen-bond acceptors (Lipinski definition) is 3. The topological polar surface area (TPSA) is 55.5 Å². The molecule has 2 atom stereocenters. The van der Waals surface area contributed by atoms with Crippen LogP contribution in [-0.2, 0) is 4.74 Å². The van der Waals surface area contributed by atoms with Crippen molar-refractivity contribution >= 4 is 23.2 Å². The number of aliphatic hydroxyl groups is 1. The third-order valence-corrected chi connectivity index (χ3v) is 2.79. The van der Waals surface area contributed by atoms with Gasteiger partial charge in [-0.05, 0) is 24.1 Å². The predicted molar refractivity (Wildman–Crippen MR) is 65.9 cm³/mol. The van der Waals surface area contributed by atoms with E-state index in [-0.39, 0.29) is 6.04 Å². The lowest BCUT2D eigenvalue weighted by Crippen LogP contribution is -2.27. The smallest absolute Gasteiger partial charge is 0.0820 e. The minimum Gasteiger partial charge on any atom is -0.388 e. The average molecular weight is 264 g/mol. The molecule has 0 saturated heterocycles. The van der Waals surface area contributed by atoms with E-state index in [0.29, 0.717) is 28.6 Å². The van der Waals surface area contributed by atoms with Crippen molar-refractivity contribution in [1.29, 1.82) is 0 Å². The van der Waals surface area contributed by atoms with Gasteiger partial charge in [0, 0.05) is 23.2 Å². The molecule has 1 aromatic carbocycles. The van der Waals surface area contributed by atoms with Gasteiger partial charge in [-0.25, -0.2) is 0 Å². The van der Waals surface area contributed by atoms with Crippen molar-refractivity contribution in [1.82, 2.24) is 0 Å². The fraction of sp³-hybridized carbons (Fsp3) is 0.455. The van der Waals surface area contributed by atoms with Gasteiger partial charge in [0.1, 0.15) is 0 Å². The summed E-state index contributed by atoms with van der Waals surface area (Å²) in [5, 5.41) is 10.9. The molecule has 0 spiro atoms. The number of methoxy groups -OCH3 is 1. The van der Waals surface area contributed by atoms with Gasteiger partial charge in [0.05, 0.1) is 12.7 Å². The molecule has 0 aliphatic heterocycles. The molecule has 0 saturated carbocycles.